The average molecular weight is 265 g/mol. The number of amides is 1. The van der Waals surface area contributed by atoms with Crippen molar-refractivity contribution in [3.8, 4) is 0 Å². The fourth-order valence-corrected chi connectivity index (χ4v) is 3.17. The maximum Gasteiger partial charge on any atom is 0.335 e. The van der Waals surface area contributed by atoms with E-state index in [1.165, 1.54) is 11.8 Å². The van der Waals surface area contributed by atoms with E-state index in [1.54, 1.807) is 23.1 Å². The number of fused-ring (bicyclic) bond motifs is 1. The second kappa shape index (κ2) is 4.31. The van der Waals surface area contributed by atoms with E-state index >= 15 is 0 Å². The minimum absolute atomic E-state index is 0.0186. The molecular weight excluding hydrogens is 250 g/mol. The first-order valence-corrected chi connectivity index (χ1v) is 6.57. The van der Waals surface area contributed by atoms with Gasteiger partial charge in [-0.25, -0.2) is 4.79 Å². The van der Waals surface area contributed by atoms with Crippen LogP contribution in [0, 0.1) is 0 Å². The van der Waals surface area contributed by atoms with Crippen LogP contribution in [0.4, 0.5) is 5.69 Å². The molecule has 96 valence electrons. The Balaban J connectivity index is 2.56. The number of hydrogen-bond acceptors (Lipinski definition) is 3. The Bertz CT molecular complexity index is 525. The van der Waals surface area contributed by atoms with Gasteiger partial charge in [-0.2, -0.15) is 0 Å². The van der Waals surface area contributed by atoms with Crippen molar-refractivity contribution in [3.63, 3.8) is 0 Å². The first-order valence-electron chi connectivity index (χ1n) is 5.75. The van der Waals surface area contributed by atoms with Gasteiger partial charge in [-0.1, -0.05) is 0 Å². The molecule has 0 saturated heterocycles. The number of carboxylic acid groups (broad SMARTS) is 1. The molecule has 18 heavy (non-hydrogen) atoms. The molecule has 0 spiro atoms. The lowest BCUT2D eigenvalue weighted by atomic mass is 10.1. The maximum absolute atomic E-state index is 12.3. The van der Waals surface area contributed by atoms with Crippen LogP contribution >= 0.6 is 11.8 Å². The van der Waals surface area contributed by atoms with E-state index in [-0.39, 0.29) is 11.5 Å². The quantitative estimate of drug-likeness (QED) is 0.893. The highest BCUT2D eigenvalue weighted by molar-refractivity contribution is 8.01. The van der Waals surface area contributed by atoms with E-state index in [1.807, 2.05) is 20.8 Å². The van der Waals surface area contributed by atoms with Crippen molar-refractivity contribution >= 4 is 29.3 Å². The Morgan fingerprint density at radius 3 is 2.67 bits per heavy atom. The van der Waals surface area contributed by atoms with E-state index in [0.717, 1.165) is 4.90 Å². The minimum Gasteiger partial charge on any atom is -0.478 e. The second-order valence-corrected chi connectivity index (χ2v) is 6.31. The summed E-state index contributed by atoms with van der Waals surface area (Å²) in [6.45, 7) is 6.20. The third kappa shape index (κ3) is 1.99. The van der Waals surface area contributed by atoms with Crippen LogP contribution in [0.5, 0.6) is 0 Å². The molecule has 1 aromatic rings. The molecule has 1 aliphatic heterocycles. The number of nitrogens with zero attached hydrogens (tertiary/aromatic N) is 1. The predicted molar refractivity (Wildman–Crippen MR) is 71.4 cm³/mol. The van der Waals surface area contributed by atoms with E-state index in [4.69, 9.17) is 5.11 Å². The fraction of sp³-hybridized carbons (Fsp3) is 0.385. The normalized spacial score (nSPS) is 17.5. The lowest BCUT2D eigenvalue weighted by Gasteiger charge is -2.37. The van der Waals surface area contributed by atoms with Gasteiger partial charge in [-0.05, 0) is 39.0 Å². The van der Waals surface area contributed by atoms with E-state index < -0.39 is 10.7 Å². The lowest BCUT2D eigenvalue weighted by Crippen LogP contribution is -2.46. The summed E-state index contributed by atoms with van der Waals surface area (Å²) in [5.74, 6) is -0.957. The SMILES string of the molecule is CCN1C(=O)C(C)(C)Sc2ccc(C(=O)O)cc21. The second-order valence-electron chi connectivity index (χ2n) is 4.65. The number of benzene rings is 1. The third-order valence-corrected chi connectivity index (χ3v) is 4.19. The monoisotopic (exact) mass is 265 g/mol. The number of anilines is 1. The molecule has 4 nitrogen and oxygen atoms in total. The molecule has 0 bridgehead atoms. The molecule has 0 saturated carbocycles. The summed E-state index contributed by atoms with van der Waals surface area (Å²) >= 11 is 1.48. The van der Waals surface area contributed by atoms with Crippen LogP contribution in [0.15, 0.2) is 23.1 Å². The average Bonchev–Trinajstić information content (AvgIpc) is 2.30. The van der Waals surface area contributed by atoms with Crippen molar-refractivity contribution < 1.29 is 14.7 Å². The van der Waals surface area contributed by atoms with Gasteiger partial charge >= 0.3 is 5.97 Å². The maximum atomic E-state index is 12.3. The van der Waals surface area contributed by atoms with Gasteiger partial charge in [0.05, 0.1) is 16.0 Å². The highest BCUT2D eigenvalue weighted by Gasteiger charge is 2.39. The Morgan fingerprint density at radius 2 is 2.11 bits per heavy atom. The number of aromatic carboxylic acids is 1. The van der Waals surface area contributed by atoms with Gasteiger partial charge < -0.3 is 10.0 Å². The minimum atomic E-state index is -0.976. The molecule has 1 aromatic carbocycles. The number of rotatable bonds is 2. The summed E-state index contributed by atoms with van der Waals surface area (Å²) in [7, 11) is 0. The summed E-state index contributed by atoms with van der Waals surface area (Å²) < 4.78 is -0.506. The molecule has 0 fully saturated rings. The van der Waals surface area contributed by atoms with Gasteiger partial charge in [0.2, 0.25) is 5.91 Å². The molecule has 0 unspecified atom stereocenters. The van der Waals surface area contributed by atoms with Crippen LogP contribution in [0.1, 0.15) is 31.1 Å². The Morgan fingerprint density at radius 1 is 1.44 bits per heavy atom. The largest absolute Gasteiger partial charge is 0.478 e. The third-order valence-electron chi connectivity index (χ3n) is 2.94. The predicted octanol–water partition coefficient (Wildman–Crippen LogP) is 2.62. The van der Waals surface area contributed by atoms with Gasteiger partial charge in [0.25, 0.3) is 0 Å². The first kappa shape index (κ1) is 13.0. The summed E-state index contributed by atoms with van der Waals surface area (Å²) in [6.07, 6.45) is 0. The molecule has 0 aromatic heterocycles. The first-order chi connectivity index (χ1) is 8.36. The molecule has 5 heteroatoms. The zero-order valence-electron chi connectivity index (χ0n) is 10.6. The van der Waals surface area contributed by atoms with Crippen molar-refractivity contribution in [1.82, 2.24) is 0 Å². The van der Waals surface area contributed by atoms with Gasteiger partial charge in [-0.3, -0.25) is 4.79 Å². The van der Waals surface area contributed by atoms with Crippen LogP contribution in [0.2, 0.25) is 0 Å². The summed E-state index contributed by atoms with van der Waals surface area (Å²) in [6, 6.07) is 4.93. The molecule has 0 aliphatic carbocycles. The molecule has 1 amide bonds. The number of carbonyl (C=O) groups excluding carboxylic acids is 1. The zero-order valence-corrected chi connectivity index (χ0v) is 11.4. The standard InChI is InChI=1S/C13H15NO3S/c1-4-14-9-7-8(11(15)16)5-6-10(9)18-13(2,3)12(14)17/h5-7H,4H2,1-3H3,(H,15,16). The van der Waals surface area contributed by atoms with Gasteiger partial charge in [-0.15, -0.1) is 11.8 Å². The van der Waals surface area contributed by atoms with E-state index in [2.05, 4.69) is 0 Å². The van der Waals surface area contributed by atoms with Gasteiger partial charge in [0, 0.05) is 11.4 Å². The van der Waals surface area contributed by atoms with Crippen molar-refractivity contribution in [2.45, 2.75) is 30.4 Å². The zero-order chi connectivity index (χ0) is 13.5. The molecule has 2 rings (SSSR count). The topological polar surface area (TPSA) is 57.6 Å². The summed E-state index contributed by atoms with van der Waals surface area (Å²) in [4.78, 5) is 25.9. The summed E-state index contributed by atoms with van der Waals surface area (Å²) in [5, 5.41) is 9.00. The number of hydrogen-bond donors (Lipinski definition) is 1. The lowest BCUT2D eigenvalue weighted by molar-refractivity contribution is -0.120. The van der Waals surface area contributed by atoms with E-state index in [0.29, 0.717) is 12.2 Å². The van der Waals surface area contributed by atoms with Crippen LogP contribution in [-0.4, -0.2) is 28.3 Å². The fourth-order valence-electron chi connectivity index (χ4n) is 2.01. The highest BCUT2D eigenvalue weighted by atomic mass is 32.2. The van der Waals surface area contributed by atoms with Gasteiger partial charge in [0.15, 0.2) is 0 Å². The number of carbonyl (C=O) groups is 2. The highest BCUT2D eigenvalue weighted by Crippen LogP contribution is 2.45. The number of thioether (sulfide) groups is 1. The van der Waals surface area contributed by atoms with Crippen molar-refractivity contribution in [2.75, 3.05) is 11.4 Å². The Hall–Kier alpha value is -1.49. The summed E-state index contributed by atoms with van der Waals surface area (Å²) in [5.41, 5.74) is 0.909. The van der Waals surface area contributed by atoms with Crippen LogP contribution in [0.3, 0.4) is 0 Å². The van der Waals surface area contributed by atoms with Crippen molar-refractivity contribution in [3.05, 3.63) is 23.8 Å². The van der Waals surface area contributed by atoms with Crippen molar-refractivity contribution in [1.29, 1.82) is 0 Å². The smallest absolute Gasteiger partial charge is 0.335 e. The van der Waals surface area contributed by atoms with Crippen LogP contribution in [-0.2, 0) is 4.79 Å². The van der Waals surface area contributed by atoms with Crippen molar-refractivity contribution in [2.24, 2.45) is 0 Å². The molecule has 1 heterocycles. The van der Waals surface area contributed by atoms with Gasteiger partial charge in [0.1, 0.15) is 0 Å². The van der Waals surface area contributed by atoms with Crippen LogP contribution in [0.25, 0.3) is 0 Å². The molecular formula is C13H15NO3S. The molecule has 0 atom stereocenters. The Labute approximate surface area is 110 Å². The molecule has 1 aliphatic rings. The Kier molecular flexibility index (Phi) is 3.11. The molecule has 1 N–H and O–H groups in total. The van der Waals surface area contributed by atoms with E-state index in [9.17, 15) is 9.59 Å². The number of carboxylic acids is 1. The molecule has 0 radical (unpaired) electrons. The van der Waals surface area contributed by atoms with Crippen LogP contribution < -0.4 is 4.90 Å².